The molecule has 0 saturated heterocycles. The highest BCUT2D eigenvalue weighted by molar-refractivity contribution is 7.14. The topological polar surface area (TPSA) is 126 Å². The highest BCUT2D eigenvalue weighted by Gasteiger charge is 2.16. The molecule has 0 bridgehead atoms. The van der Waals surface area contributed by atoms with Crippen molar-refractivity contribution in [3.05, 3.63) is 82.9 Å². The summed E-state index contributed by atoms with van der Waals surface area (Å²) in [6, 6.07) is 8.43. The molecule has 168 valence electrons. The molecule has 0 aliphatic carbocycles. The van der Waals surface area contributed by atoms with E-state index in [2.05, 4.69) is 20.9 Å². The zero-order valence-electron chi connectivity index (χ0n) is 17.2. The first-order chi connectivity index (χ1) is 15.9. The molecule has 0 fully saturated rings. The van der Waals surface area contributed by atoms with Crippen LogP contribution in [0.5, 0.6) is 0 Å². The lowest BCUT2D eigenvalue weighted by molar-refractivity contribution is -0.115. The van der Waals surface area contributed by atoms with Gasteiger partial charge in [-0.15, -0.1) is 11.3 Å². The SMILES string of the molecule is Cc1occc1C(=O)Nc1cc(NC(=O)Cc2csc(NC(=O)c3ccco3)n2)ccc1F. The van der Waals surface area contributed by atoms with Gasteiger partial charge in [0.1, 0.15) is 11.6 Å². The third-order valence-corrected chi connectivity index (χ3v) is 5.27. The number of carbonyl (C=O) groups is 3. The van der Waals surface area contributed by atoms with Crippen LogP contribution in [0.25, 0.3) is 0 Å². The summed E-state index contributed by atoms with van der Waals surface area (Å²) in [6.07, 6.45) is 2.68. The summed E-state index contributed by atoms with van der Waals surface area (Å²) >= 11 is 1.16. The Hall–Kier alpha value is -4.25. The molecular formula is C22H17FN4O5S. The van der Waals surface area contributed by atoms with Crippen molar-refractivity contribution in [1.82, 2.24) is 4.98 Å². The fraction of sp³-hybridized carbons (Fsp3) is 0.0909. The normalized spacial score (nSPS) is 10.6. The number of thiazole rings is 1. The highest BCUT2D eigenvalue weighted by atomic mass is 32.1. The van der Waals surface area contributed by atoms with Crippen LogP contribution < -0.4 is 16.0 Å². The summed E-state index contributed by atoms with van der Waals surface area (Å²) < 4.78 is 24.3. The van der Waals surface area contributed by atoms with Crippen LogP contribution in [-0.2, 0) is 11.2 Å². The second-order valence-corrected chi connectivity index (χ2v) is 7.70. The summed E-state index contributed by atoms with van der Waals surface area (Å²) in [4.78, 5) is 40.9. The molecule has 0 spiro atoms. The largest absolute Gasteiger partial charge is 0.469 e. The number of nitrogens with zero attached hydrogens (tertiary/aromatic N) is 1. The first-order valence-electron chi connectivity index (χ1n) is 9.63. The second kappa shape index (κ2) is 9.49. The van der Waals surface area contributed by atoms with Crippen molar-refractivity contribution in [1.29, 1.82) is 0 Å². The molecule has 1 aromatic carbocycles. The van der Waals surface area contributed by atoms with Gasteiger partial charge in [-0.3, -0.25) is 19.7 Å². The molecule has 4 aromatic rings. The standard InChI is InChI=1S/C22H17FN4O5S/c1-12-15(6-8-31-12)20(29)26-17-9-13(4-5-16(17)23)24-19(28)10-14-11-33-22(25-14)27-21(30)18-3-2-7-32-18/h2-9,11H,10H2,1H3,(H,24,28)(H,26,29)(H,25,27,30). The number of nitrogens with one attached hydrogen (secondary N) is 3. The zero-order valence-corrected chi connectivity index (χ0v) is 18.0. The first kappa shape index (κ1) is 22.0. The van der Waals surface area contributed by atoms with E-state index in [9.17, 15) is 18.8 Å². The quantitative estimate of drug-likeness (QED) is 0.368. The number of hydrogen-bond donors (Lipinski definition) is 3. The Kier molecular flexibility index (Phi) is 6.31. The maximum atomic E-state index is 14.2. The number of rotatable bonds is 7. The second-order valence-electron chi connectivity index (χ2n) is 6.84. The zero-order chi connectivity index (χ0) is 23.4. The van der Waals surface area contributed by atoms with Gasteiger partial charge < -0.3 is 19.5 Å². The fourth-order valence-electron chi connectivity index (χ4n) is 2.89. The maximum absolute atomic E-state index is 14.2. The van der Waals surface area contributed by atoms with Gasteiger partial charge in [0.15, 0.2) is 10.9 Å². The molecule has 4 rings (SSSR count). The number of hydrogen-bond acceptors (Lipinski definition) is 7. The summed E-state index contributed by atoms with van der Waals surface area (Å²) in [5, 5.41) is 9.65. The van der Waals surface area contributed by atoms with Crippen LogP contribution in [0, 0.1) is 12.7 Å². The third kappa shape index (κ3) is 5.33. The lowest BCUT2D eigenvalue weighted by Crippen LogP contribution is -2.16. The summed E-state index contributed by atoms with van der Waals surface area (Å²) in [6.45, 7) is 1.62. The molecule has 33 heavy (non-hydrogen) atoms. The van der Waals surface area contributed by atoms with E-state index in [1.807, 2.05) is 0 Å². The van der Waals surface area contributed by atoms with Gasteiger partial charge in [0, 0.05) is 11.1 Å². The van der Waals surface area contributed by atoms with Gasteiger partial charge in [-0.25, -0.2) is 9.37 Å². The molecule has 0 aliphatic heterocycles. The lowest BCUT2D eigenvalue weighted by Gasteiger charge is -2.09. The van der Waals surface area contributed by atoms with Crippen molar-refractivity contribution in [3.63, 3.8) is 0 Å². The third-order valence-electron chi connectivity index (χ3n) is 4.46. The molecule has 0 radical (unpaired) electrons. The van der Waals surface area contributed by atoms with Gasteiger partial charge in [0.2, 0.25) is 5.91 Å². The van der Waals surface area contributed by atoms with Crippen LogP contribution in [0.15, 0.2) is 63.1 Å². The Balaban J connectivity index is 1.36. The van der Waals surface area contributed by atoms with Gasteiger partial charge in [-0.05, 0) is 43.3 Å². The molecule has 0 unspecified atom stereocenters. The summed E-state index contributed by atoms with van der Waals surface area (Å²) in [5.41, 5.74) is 0.929. The van der Waals surface area contributed by atoms with Gasteiger partial charge in [0.05, 0.1) is 35.9 Å². The monoisotopic (exact) mass is 468 g/mol. The van der Waals surface area contributed by atoms with E-state index in [0.29, 0.717) is 22.3 Å². The number of furan rings is 2. The first-order valence-corrected chi connectivity index (χ1v) is 10.5. The van der Waals surface area contributed by atoms with Crippen LogP contribution in [0.4, 0.5) is 20.9 Å². The van der Waals surface area contributed by atoms with Crippen molar-refractivity contribution >= 4 is 45.6 Å². The number of aryl methyl sites for hydroxylation is 1. The molecule has 11 heteroatoms. The molecule has 0 aliphatic rings. The van der Waals surface area contributed by atoms with Crippen molar-refractivity contribution in [2.45, 2.75) is 13.3 Å². The van der Waals surface area contributed by atoms with Crippen LogP contribution in [0.1, 0.15) is 32.4 Å². The minimum absolute atomic E-state index is 0.0690. The number of amides is 3. The van der Waals surface area contributed by atoms with Crippen molar-refractivity contribution in [2.24, 2.45) is 0 Å². The predicted octanol–water partition coefficient (Wildman–Crippen LogP) is 4.46. The maximum Gasteiger partial charge on any atom is 0.293 e. The summed E-state index contributed by atoms with van der Waals surface area (Å²) in [5.74, 6) is -1.49. The van der Waals surface area contributed by atoms with Crippen molar-refractivity contribution in [3.8, 4) is 0 Å². The Morgan fingerprint density at radius 3 is 2.61 bits per heavy atom. The molecule has 3 amide bonds. The van der Waals surface area contributed by atoms with Crippen LogP contribution in [0.3, 0.4) is 0 Å². The van der Waals surface area contributed by atoms with Crippen LogP contribution in [0.2, 0.25) is 0 Å². The molecule has 9 nitrogen and oxygen atoms in total. The molecule has 3 aromatic heterocycles. The highest BCUT2D eigenvalue weighted by Crippen LogP contribution is 2.22. The van der Waals surface area contributed by atoms with E-state index in [4.69, 9.17) is 8.83 Å². The van der Waals surface area contributed by atoms with E-state index < -0.39 is 23.5 Å². The van der Waals surface area contributed by atoms with Crippen LogP contribution >= 0.6 is 11.3 Å². The Morgan fingerprint density at radius 1 is 1.03 bits per heavy atom. The minimum Gasteiger partial charge on any atom is -0.469 e. The molecule has 0 saturated carbocycles. The molecule has 0 atom stereocenters. The smallest absolute Gasteiger partial charge is 0.293 e. The predicted molar refractivity (Wildman–Crippen MR) is 119 cm³/mol. The lowest BCUT2D eigenvalue weighted by atomic mass is 10.2. The van der Waals surface area contributed by atoms with E-state index in [0.717, 1.165) is 17.4 Å². The number of anilines is 3. The fourth-order valence-corrected chi connectivity index (χ4v) is 3.60. The molecular weight excluding hydrogens is 451 g/mol. The van der Waals surface area contributed by atoms with Crippen molar-refractivity contribution in [2.75, 3.05) is 16.0 Å². The number of aromatic nitrogens is 1. The molecule has 3 N–H and O–H groups in total. The Bertz CT molecular complexity index is 1310. The Labute approximate surface area is 190 Å². The van der Waals surface area contributed by atoms with Gasteiger partial charge in [-0.1, -0.05) is 0 Å². The van der Waals surface area contributed by atoms with E-state index in [1.54, 1.807) is 18.4 Å². The van der Waals surface area contributed by atoms with Crippen LogP contribution in [-0.4, -0.2) is 22.7 Å². The average molecular weight is 468 g/mol. The van der Waals surface area contributed by atoms with Gasteiger partial charge in [0.25, 0.3) is 11.8 Å². The summed E-state index contributed by atoms with van der Waals surface area (Å²) in [7, 11) is 0. The number of halogens is 1. The van der Waals surface area contributed by atoms with E-state index in [1.165, 1.54) is 36.8 Å². The van der Waals surface area contributed by atoms with E-state index in [-0.39, 0.29) is 23.4 Å². The average Bonchev–Trinajstić information content (AvgIpc) is 3.53. The number of carbonyl (C=O) groups excluding carboxylic acids is 3. The van der Waals surface area contributed by atoms with Gasteiger partial charge in [-0.2, -0.15) is 0 Å². The van der Waals surface area contributed by atoms with Crippen molar-refractivity contribution < 1.29 is 27.6 Å². The number of benzene rings is 1. The minimum atomic E-state index is -0.654. The van der Waals surface area contributed by atoms with E-state index >= 15 is 0 Å². The molecule has 3 heterocycles. The Morgan fingerprint density at radius 2 is 1.88 bits per heavy atom. The van der Waals surface area contributed by atoms with Gasteiger partial charge >= 0.3 is 0 Å².